The molecular formula is C12H11F3N2O4. The SMILES string of the molecule is CC(=O)NCC(=O)Nc1cc(C(=O)O)cc(C(F)(F)F)c1. The second-order valence-corrected chi connectivity index (χ2v) is 4.06. The number of carbonyl (C=O) groups is 3. The highest BCUT2D eigenvalue weighted by Gasteiger charge is 2.32. The number of nitrogens with one attached hydrogen (secondary N) is 2. The Hall–Kier alpha value is -2.58. The molecule has 114 valence electrons. The van der Waals surface area contributed by atoms with Gasteiger partial charge in [0, 0.05) is 12.6 Å². The van der Waals surface area contributed by atoms with Gasteiger partial charge >= 0.3 is 12.1 Å². The van der Waals surface area contributed by atoms with E-state index >= 15 is 0 Å². The maximum absolute atomic E-state index is 12.6. The van der Waals surface area contributed by atoms with E-state index in [1.165, 1.54) is 6.92 Å². The van der Waals surface area contributed by atoms with Gasteiger partial charge in [-0.25, -0.2) is 4.79 Å². The van der Waals surface area contributed by atoms with Crippen LogP contribution in [0.25, 0.3) is 0 Å². The molecule has 0 unspecified atom stereocenters. The third kappa shape index (κ3) is 5.13. The molecule has 1 aromatic carbocycles. The number of rotatable bonds is 4. The van der Waals surface area contributed by atoms with E-state index in [4.69, 9.17) is 5.11 Å². The van der Waals surface area contributed by atoms with Gasteiger partial charge in [0.05, 0.1) is 17.7 Å². The summed E-state index contributed by atoms with van der Waals surface area (Å²) in [5.41, 5.74) is -2.13. The smallest absolute Gasteiger partial charge is 0.416 e. The summed E-state index contributed by atoms with van der Waals surface area (Å²) < 4.78 is 37.9. The van der Waals surface area contributed by atoms with Crippen LogP contribution in [-0.4, -0.2) is 29.4 Å². The molecule has 6 nitrogen and oxygen atoms in total. The van der Waals surface area contributed by atoms with Gasteiger partial charge in [-0.3, -0.25) is 9.59 Å². The summed E-state index contributed by atoms with van der Waals surface area (Å²) in [6, 6.07) is 1.97. The van der Waals surface area contributed by atoms with Crippen LogP contribution in [0.4, 0.5) is 18.9 Å². The van der Waals surface area contributed by atoms with Gasteiger partial charge in [0.2, 0.25) is 11.8 Å². The number of amides is 2. The standard InChI is InChI=1S/C12H11F3N2O4/c1-6(18)16-5-10(19)17-9-3-7(11(20)21)2-8(4-9)12(13,14)15/h2-4H,5H2,1H3,(H,16,18)(H,17,19)(H,20,21). The lowest BCUT2D eigenvalue weighted by atomic mass is 10.1. The Morgan fingerprint density at radius 1 is 1.19 bits per heavy atom. The van der Waals surface area contributed by atoms with Gasteiger partial charge in [-0.2, -0.15) is 13.2 Å². The van der Waals surface area contributed by atoms with Gasteiger partial charge in [-0.05, 0) is 18.2 Å². The first-order chi connectivity index (χ1) is 9.59. The third-order valence-corrected chi connectivity index (χ3v) is 2.29. The molecule has 21 heavy (non-hydrogen) atoms. The molecule has 0 radical (unpaired) electrons. The average Bonchev–Trinajstić information content (AvgIpc) is 2.34. The predicted molar refractivity (Wildman–Crippen MR) is 65.7 cm³/mol. The minimum absolute atomic E-state index is 0.322. The van der Waals surface area contributed by atoms with E-state index in [0.29, 0.717) is 12.1 Å². The van der Waals surface area contributed by atoms with Gasteiger partial charge in [0.1, 0.15) is 0 Å². The molecule has 0 aliphatic carbocycles. The van der Waals surface area contributed by atoms with Crippen molar-refractivity contribution < 1.29 is 32.7 Å². The van der Waals surface area contributed by atoms with Crippen LogP contribution >= 0.6 is 0 Å². The van der Waals surface area contributed by atoms with E-state index in [1.807, 2.05) is 0 Å². The minimum Gasteiger partial charge on any atom is -0.478 e. The Kier molecular flexibility index (Phi) is 4.90. The lowest BCUT2D eigenvalue weighted by Crippen LogP contribution is -2.31. The van der Waals surface area contributed by atoms with Gasteiger partial charge in [0.15, 0.2) is 0 Å². The van der Waals surface area contributed by atoms with E-state index in [1.54, 1.807) is 0 Å². The Morgan fingerprint density at radius 2 is 1.81 bits per heavy atom. The molecule has 0 fully saturated rings. The zero-order valence-corrected chi connectivity index (χ0v) is 10.7. The summed E-state index contributed by atoms with van der Waals surface area (Å²) in [5, 5.41) is 13.0. The van der Waals surface area contributed by atoms with Crippen molar-refractivity contribution in [1.82, 2.24) is 5.32 Å². The minimum atomic E-state index is -4.75. The third-order valence-electron chi connectivity index (χ3n) is 2.29. The largest absolute Gasteiger partial charge is 0.478 e. The molecule has 0 aromatic heterocycles. The number of alkyl halides is 3. The van der Waals surface area contributed by atoms with Gasteiger partial charge < -0.3 is 15.7 Å². The Balaban J connectivity index is 3.01. The molecule has 3 N–H and O–H groups in total. The Bertz CT molecular complexity index is 584. The van der Waals surface area contributed by atoms with Crippen molar-refractivity contribution in [3.8, 4) is 0 Å². The highest BCUT2D eigenvalue weighted by Crippen LogP contribution is 2.32. The number of halogens is 3. The Labute approximate surface area is 116 Å². The first-order valence-electron chi connectivity index (χ1n) is 5.59. The lowest BCUT2D eigenvalue weighted by molar-refractivity contribution is -0.137. The molecule has 0 atom stereocenters. The van der Waals surface area contributed by atoms with Crippen molar-refractivity contribution in [2.45, 2.75) is 13.1 Å². The van der Waals surface area contributed by atoms with Crippen molar-refractivity contribution >= 4 is 23.5 Å². The molecule has 1 aromatic rings. The van der Waals surface area contributed by atoms with E-state index in [0.717, 1.165) is 6.07 Å². The van der Waals surface area contributed by atoms with E-state index in [2.05, 4.69) is 10.6 Å². The van der Waals surface area contributed by atoms with E-state index in [9.17, 15) is 27.6 Å². The number of hydrogen-bond acceptors (Lipinski definition) is 3. The second-order valence-electron chi connectivity index (χ2n) is 4.06. The number of anilines is 1. The average molecular weight is 304 g/mol. The van der Waals surface area contributed by atoms with E-state index in [-0.39, 0.29) is 5.69 Å². The molecule has 0 saturated carbocycles. The zero-order valence-electron chi connectivity index (χ0n) is 10.7. The summed E-state index contributed by atoms with van der Waals surface area (Å²) in [7, 11) is 0. The zero-order chi connectivity index (χ0) is 16.2. The fourth-order valence-corrected chi connectivity index (χ4v) is 1.40. The Morgan fingerprint density at radius 3 is 2.29 bits per heavy atom. The first-order valence-corrected chi connectivity index (χ1v) is 5.59. The van der Waals surface area contributed by atoms with Gasteiger partial charge in [0.25, 0.3) is 0 Å². The molecule has 9 heteroatoms. The molecule has 0 saturated heterocycles. The van der Waals surface area contributed by atoms with Gasteiger partial charge in [-0.1, -0.05) is 0 Å². The molecule has 0 bridgehead atoms. The van der Waals surface area contributed by atoms with Crippen LogP contribution in [0.2, 0.25) is 0 Å². The fraction of sp³-hybridized carbons (Fsp3) is 0.250. The van der Waals surface area contributed by atoms with E-state index < -0.39 is 41.6 Å². The number of aromatic carboxylic acids is 1. The molecule has 1 rings (SSSR count). The first kappa shape index (κ1) is 16.5. The van der Waals surface area contributed by atoms with Crippen molar-refractivity contribution in [1.29, 1.82) is 0 Å². The summed E-state index contributed by atoms with van der Waals surface area (Å²) in [6.07, 6.45) is -4.75. The fourth-order valence-electron chi connectivity index (χ4n) is 1.40. The normalized spacial score (nSPS) is 10.9. The molecule has 0 heterocycles. The molecule has 0 aliphatic heterocycles. The van der Waals surface area contributed by atoms with Crippen molar-refractivity contribution in [3.05, 3.63) is 29.3 Å². The maximum atomic E-state index is 12.6. The molecule has 2 amide bonds. The summed E-state index contributed by atoms with van der Waals surface area (Å²) in [4.78, 5) is 32.8. The number of carbonyl (C=O) groups excluding carboxylic acids is 2. The molecule has 0 aliphatic rings. The summed E-state index contributed by atoms with van der Waals surface area (Å²) in [6.45, 7) is 0.730. The molecular weight excluding hydrogens is 293 g/mol. The number of carboxylic acid groups (broad SMARTS) is 1. The highest BCUT2D eigenvalue weighted by molar-refractivity contribution is 5.96. The van der Waals surface area contributed by atoms with Crippen LogP contribution in [0.15, 0.2) is 18.2 Å². The monoisotopic (exact) mass is 304 g/mol. The number of carboxylic acids is 1. The number of hydrogen-bond donors (Lipinski definition) is 3. The highest BCUT2D eigenvalue weighted by atomic mass is 19.4. The second kappa shape index (κ2) is 6.25. The number of benzene rings is 1. The lowest BCUT2D eigenvalue weighted by Gasteiger charge is -2.11. The molecule has 0 spiro atoms. The van der Waals surface area contributed by atoms with Crippen molar-refractivity contribution in [2.24, 2.45) is 0 Å². The van der Waals surface area contributed by atoms with Crippen LogP contribution in [0, 0.1) is 0 Å². The topological polar surface area (TPSA) is 95.5 Å². The summed E-state index contributed by atoms with van der Waals surface area (Å²) >= 11 is 0. The van der Waals surface area contributed by atoms with Gasteiger partial charge in [-0.15, -0.1) is 0 Å². The van der Waals surface area contributed by atoms with Crippen LogP contribution in [-0.2, 0) is 15.8 Å². The summed E-state index contributed by atoms with van der Waals surface area (Å²) in [5.74, 6) is -2.82. The van der Waals surface area contributed by atoms with Crippen LogP contribution in [0.3, 0.4) is 0 Å². The quantitative estimate of drug-likeness (QED) is 0.785. The van der Waals surface area contributed by atoms with Crippen LogP contribution in [0.5, 0.6) is 0 Å². The van der Waals surface area contributed by atoms with Crippen molar-refractivity contribution in [2.75, 3.05) is 11.9 Å². The predicted octanol–water partition coefficient (Wildman–Crippen LogP) is 1.48. The van der Waals surface area contributed by atoms with Crippen molar-refractivity contribution in [3.63, 3.8) is 0 Å². The van der Waals surface area contributed by atoms with Crippen LogP contribution < -0.4 is 10.6 Å². The van der Waals surface area contributed by atoms with Crippen LogP contribution in [0.1, 0.15) is 22.8 Å². The maximum Gasteiger partial charge on any atom is 0.416 e.